The third-order valence-electron chi connectivity index (χ3n) is 9.40. The molecule has 9 nitrogen and oxygen atoms in total. The summed E-state index contributed by atoms with van der Waals surface area (Å²) in [5, 5.41) is 15.3. The first kappa shape index (κ1) is 30.7. The van der Waals surface area contributed by atoms with Crippen LogP contribution in [0.5, 0.6) is 0 Å². The molecule has 1 saturated carbocycles. The van der Waals surface area contributed by atoms with Crippen LogP contribution in [-0.4, -0.2) is 56.5 Å². The standard InChI is InChI=1S/C32H40FN7O2S/c1-21(2)26(20-34)32(31(35)41)14-6-5-8-25(32)29-28(22(3)40(38-29)30-27(33)9-7-15-37-30)23-10-12-24(13-11-23)39-16-18-43(42,36-4)19-17-39/h7,9-13,15,21,25-26H,5-6,8,14,16-19H2,1-4H3,(H2,35,41)/t25?,26-,32?/m0/s1. The molecular formula is C32H40FN7O2S. The molecule has 11 heteroatoms. The van der Waals surface area contributed by atoms with E-state index in [4.69, 9.17) is 10.8 Å². The van der Waals surface area contributed by atoms with E-state index in [1.807, 2.05) is 45.0 Å². The van der Waals surface area contributed by atoms with Crippen molar-refractivity contribution < 1.29 is 13.4 Å². The number of hydrogen-bond donors (Lipinski definition) is 1. The summed E-state index contributed by atoms with van der Waals surface area (Å²) in [7, 11) is -0.502. The van der Waals surface area contributed by atoms with Crippen molar-refractivity contribution in [3.05, 3.63) is 59.8 Å². The van der Waals surface area contributed by atoms with Gasteiger partial charge in [0.05, 0.1) is 28.8 Å². The number of benzene rings is 1. The smallest absolute Gasteiger partial charge is 0.225 e. The summed E-state index contributed by atoms with van der Waals surface area (Å²) >= 11 is 0. The van der Waals surface area contributed by atoms with Crippen molar-refractivity contribution in [1.29, 1.82) is 5.26 Å². The maximum absolute atomic E-state index is 15.1. The topological polar surface area (TPSA) is 130 Å². The van der Waals surface area contributed by atoms with Crippen molar-refractivity contribution in [3.8, 4) is 23.0 Å². The number of hydrogen-bond acceptors (Lipinski definition) is 7. The van der Waals surface area contributed by atoms with Crippen LogP contribution in [0.2, 0.25) is 0 Å². The fourth-order valence-electron chi connectivity index (χ4n) is 7.12. The second-order valence-electron chi connectivity index (χ2n) is 12.0. The van der Waals surface area contributed by atoms with E-state index in [0.717, 1.165) is 29.7 Å². The number of nitriles is 1. The summed E-state index contributed by atoms with van der Waals surface area (Å²) in [5.41, 5.74) is 9.09. The van der Waals surface area contributed by atoms with Crippen LogP contribution in [0.25, 0.3) is 16.9 Å². The van der Waals surface area contributed by atoms with Gasteiger partial charge >= 0.3 is 0 Å². The molecular weight excluding hydrogens is 565 g/mol. The maximum Gasteiger partial charge on any atom is 0.225 e. The van der Waals surface area contributed by atoms with Gasteiger partial charge in [0, 0.05) is 64.7 Å². The van der Waals surface area contributed by atoms with E-state index in [9.17, 15) is 14.3 Å². The summed E-state index contributed by atoms with van der Waals surface area (Å²) in [6.07, 6.45) is 4.30. The van der Waals surface area contributed by atoms with Crippen LogP contribution < -0.4 is 10.6 Å². The number of carbonyl (C=O) groups excluding carboxylic acids is 1. The molecule has 2 fully saturated rings. The fourth-order valence-corrected chi connectivity index (χ4v) is 8.70. The van der Waals surface area contributed by atoms with Gasteiger partial charge in [0.1, 0.15) is 0 Å². The second kappa shape index (κ2) is 12.1. The van der Waals surface area contributed by atoms with Crippen LogP contribution >= 0.6 is 0 Å². The second-order valence-corrected chi connectivity index (χ2v) is 14.7. The maximum atomic E-state index is 15.1. The van der Waals surface area contributed by atoms with Gasteiger partial charge in [0.15, 0.2) is 11.6 Å². The Balaban J connectivity index is 1.66. The zero-order chi connectivity index (χ0) is 30.9. The van der Waals surface area contributed by atoms with Gasteiger partial charge in [-0.05, 0) is 55.5 Å². The summed E-state index contributed by atoms with van der Waals surface area (Å²) in [4.78, 5) is 19.9. The Bertz CT molecular complexity index is 1660. The van der Waals surface area contributed by atoms with Gasteiger partial charge in [-0.2, -0.15) is 10.4 Å². The Labute approximate surface area is 253 Å². The van der Waals surface area contributed by atoms with Gasteiger partial charge in [-0.1, -0.05) is 38.8 Å². The van der Waals surface area contributed by atoms with Gasteiger partial charge in [0.2, 0.25) is 5.91 Å². The summed E-state index contributed by atoms with van der Waals surface area (Å²) in [6.45, 7) is 7.09. The molecule has 2 aromatic heterocycles. The highest BCUT2D eigenvalue weighted by molar-refractivity contribution is 7.93. The normalized spacial score (nSPS) is 22.6. The highest BCUT2D eigenvalue weighted by Crippen LogP contribution is 2.55. The molecule has 0 radical (unpaired) electrons. The van der Waals surface area contributed by atoms with Crippen LogP contribution in [0.1, 0.15) is 56.8 Å². The number of halogens is 1. The van der Waals surface area contributed by atoms with E-state index in [-0.39, 0.29) is 11.7 Å². The molecule has 5 rings (SSSR count). The SMILES string of the molecule is CN=S1(=O)CCN(c2ccc(-c3c(C4CCCCC4(C(N)=O)[C@@H](C#N)C(C)C)nn(-c4ncccc4F)c3C)cc2)CC1. The quantitative estimate of drug-likeness (QED) is 0.393. The summed E-state index contributed by atoms with van der Waals surface area (Å²) < 4.78 is 33.4. The molecule has 2 N–H and O–H groups in total. The minimum absolute atomic E-state index is 0.0727. The van der Waals surface area contributed by atoms with E-state index in [1.54, 1.807) is 7.05 Å². The number of anilines is 1. The molecule has 0 bridgehead atoms. The zero-order valence-corrected chi connectivity index (χ0v) is 26.1. The van der Waals surface area contributed by atoms with E-state index < -0.39 is 38.7 Å². The zero-order valence-electron chi connectivity index (χ0n) is 25.3. The molecule has 3 aromatic rings. The number of pyridine rings is 1. The first-order valence-electron chi connectivity index (χ1n) is 14.9. The third kappa shape index (κ3) is 5.42. The molecule has 228 valence electrons. The minimum atomic E-state index is -2.13. The monoisotopic (exact) mass is 605 g/mol. The Morgan fingerprint density at radius 1 is 1.21 bits per heavy atom. The molecule has 1 aromatic carbocycles. The molecule has 1 amide bonds. The van der Waals surface area contributed by atoms with Gasteiger partial charge in [-0.3, -0.25) is 4.79 Å². The predicted octanol–water partition coefficient (Wildman–Crippen LogP) is 5.22. The van der Waals surface area contributed by atoms with Crippen LogP contribution in [0.4, 0.5) is 10.1 Å². The number of nitrogens with two attached hydrogens (primary N) is 1. The van der Waals surface area contributed by atoms with Gasteiger partial charge < -0.3 is 10.6 Å². The van der Waals surface area contributed by atoms with Crippen molar-refractivity contribution in [2.24, 2.45) is 27.3 Å². The van der Waals surface area contributed by atoms with E-state index >= 15 is 4.39 Å². The molecule has 0 spiro atoms. The van der Waals surface area contributed by atoms with Crippen molar-refractivity contribution in [1.82, 2.24) is 14.8 Å². The van der Waals surface area contributed by atoms with E-state index in [0.29, 0.717) is 48.8 Å². The molecule has 43 heavy (non-hydrogen) atoms. The molecule has 2 aliphatic rings. The number of carbonyl (C=O) groups is 1. The van der Waals surface area contributed by atoms with Gasteiger partial charge in [-0.25, -0.2) is 22.6 Å². The summed E-state index contributed by atoms with van der Waals surface area (Å²) in [5.74, 6) is -1.00. The number of nitrogens with zero attached hydrogens (tertiary/aromatic N) is 6. The van der Waals surface area contributed by atoms with Gasteiger partial charge in [0.25, 0.3) is 0 Å². The Morgan fingerprint density at radius 3 is 2.49 bits per heavy atom. The van der Waals surface area contributed by atoms with Crippen LogP contribution in [0, 0.1) is 41.3 Å². The van der Waals surface area contributed by atoms with Crippen LogP contribution in [0.3, 0.4) is 0 Å². The molecule has 1 saturated heterocycles. The lowest BCUT2D eigenvalue weighted by molar-refractivity contribution is -0.134. The van der Waals surface area contributed by atoms with E-state index in [2.05, 4.69) is 20.3 Å². The fraction of sp³-hybridized carbons (Fsp3) is 0.500. The highest BCUT2D eigenvalue weighted by Gasteiger charge is 2.54. The lowest BCUT2D eigenvalue weighted by Gasteiger charge is -2.45. The largest absolute Gasteiger partial charge is 0.370 e. The first-order chi connectivity index (χ1) is 20.6. The Hall–Kier alpha value is -3.78. The van der Waals surface area contributed by atoms with Crippen LogP contribution in [0.15, 0.2) is 47.0 Å². The third-order valence-corrected chi connectivity index (χ3v) is 11.7. The van der Waals surface area contributed by atoms with Crippen LogP contribution in [-0.2, 0) is 14.5 Å². The number of primary amides is 1. The first-order valence-corrected chi connectivity index (χ1v) is 16.8. The van der Waals surface area contributed by atoms with E-state index in [1.165, 1.54) is 23.0 Å². The molecule has 1 aliphatic carbocycles. The lowest BCUT2D eigenvalue weighted by atomic mass is 9.55. The number of amides is 1. The average molecular weight is 606 g/mol. The lowest BCUT2D eigenvalue weighted by Crippen LogP contribution is -2.50. The Kier molecular flexibility index (Phi) is 8.61. The van der Waals surface area contributed by atoms with Crippen molar-refractivity contribution in [2.75, 3.05) is 36.5 Å². The average Bonchev–Trinajstić information content (AvgIpc) is 3.34. The highest BCUT2D eigenvalue weighted by atomic mass is 32.2. The molecule has 3 heterocycles. The molecule has 1 aliphatic heterocycles. The molecule has 3 atom stereocenters. The van der Waals surface area contributed by atoms with Crippen molar-refractivity contribution in [2.45, 2.75) is 52.4 Å². The molecule has 2 unspecified atom stereocenters. The summed E-state index contributed by atoms with van der Waals surface area (Å²) in [6, 6.07) is 13.4. The van der Waals surface area contributed by atoms with Crippen molar-refractivity contribution in [3.63, 3.8) is 0 Å². The number of rotatable bonds is 7. The predicted molar refractivity (Wildman–Crippen MR) is 167 cm³/mol. The van der Waals surface area contributed by atoms with Gasteiger partial charge in [-0.15, -0.1) is 0 Å². The Morgan fingerprint density at radius 2 is 1.91 bits per heavy atom. The number of aromatic nitrogens is 3. The van der Waals surface area contributed by atoms with Crippen molar-refractivity contribution >= 4 is 21.3 Å². The minimum Gasteiger partial charge on any atom is -0.370 e.